The third kappa shape index (κ3) is 8.98. The van der Waals surface area contributed by atoms with Crippen LogP contribution in [0.2, 0.25) is 0 Å². The molecular weight excluding hydrogens is 322 g/mol. The van der Waals surface area contributed by atoms with Crippen molar-refractivity contribution in [3.05, 3.63) is 23.8 Å². The van der Waals surface area contributed by atoms with Gasteiger partial charge in [0.05, 0.1) is 7.11 Å². The fourth-order valence-corrected chi connectivity index (χ4v) is 2.34. The molecule has 140 valence electrons. The van der Waals surface area contributed by atoms with Crippen LogP contribution in [0.1, 0.15) is 57.9 Å². The maximum Gasteiger partial charge on any atom is 0.407 e. The molecular formula is C19H29NO5. The molecule has 1 aromatic rings. The van der Waals surface area contributed by atoms with Crippen LogP contribution in [0.5, 0.6) is 11.5 Å². The molecule has 0 saturated carbocycles. The van der Waals surface area contributed by atoms with Crippen LogP contribution in [0.25, 0.3) is 0 Å². The van der Waals surface area contributed by atoms with Crippen LogP contribution in [0.4, 0.5) is 4.79 Å². The fourth-order valence-electron chi connectivity index (χ4n) is 2.34. The number of benzene rings is 1. The first kappa shape index (κ1) is 20.8. The van der Waals surface area contributed by atoms with Gasteiger partial charge in [-0.25, -0.2) is 4.79 Å². The van der Waals surface area contributed by atoms with Gasteiger partial charge >= 0.3 is 12.1 Å². The van der Waals surface area contributed by atoms with Gasteiger partial charge in [0, 0.05) is 13.5 Å². The number of hydrogen-bond donors (Lipinski definition) is 1. The summed E-state index contributed by atoms with van der Waals surface area (Å²) in [5.41, 5.74) is 0.752. The quantitative estimate of drug-likeness (QED) is 0.367. The predicted octanol–water partition coefficient (Wildman–Crippen LogP) is 4.21. The number of esters is 1. The minimum absolute atomic E-state index is 0.124. The molecule has 0 aliphatic carbocycles. The molecule has 0 radical (unpaired) electrons. The Kier molecular flexibility index (Phi) is 10.1. The summed E-state index contributed by atoms with van der Waals surface area (Å²) in [6.07, 6.45) is 6.62. The zero-order valence-electron chi connectivity index (χ0n) is 15.4. The molecule has 1 N–H and O–H groups in total. The van der Waals surface area contributed by atoms with E-state index >= 15 is 0 Å². The second-order valence-corrected chi connectivity index (χ2v) is 5.85. The van der Waals surface area contributed by atoms with Gasteiger partial charge in [-0.3, -0.25) is 4.79 Å². The number of alkyl carbamates (subject to hydrolysis) is 1. The molecule has 6 nitrogen and oxygen atoms in total. The van der Waals surface area contributed by atoms with E-state index in [0.717, 1.165) is 18.4 Å². The number of carbonyl (C=O) groups is 2. The van der Waals surface area contributed by atoms with Crippen LogP contribution in [-0.2, 0) is 16.1 Å². The molecule has 0 aromatic heterocycles. The number of methoxy groups -OCH3 is 1. The monoisotopic (exact) mass is 351 g/mol. The third-order valence-corrected chi connectivity index (χ3v) is 3.65. The smallest absolute Gasteiger partial charge is 0.407 e. The lowest BCUT2D eigenvalue weighted by molar-refractivity contribution is -0.132. The van der Waals surface area contributed by atoms with E-state index < -0.39 is 12.1 Å². The van der Waals surface area contributed by atoms with Crippen molar-refractivity contribution in [3.8, 4) is 11.5 Å². The lowest BCUT2D eigenvalue weighted by Crippen LogP contribution is -2.25. The second kappa shape index (κ2) is 12.2. The fraction of sp³-hybridized carbons (Fsp3) is 0.579. The van der Waals surface area contributed by atoms with E-state index in [-0.39, 0.29) is 6.61 Å². The summed E-state index contributed by atoms with van der Waals surface area (Å²) < 4.78 is 15.4. The molecule has 1 rings (SSSR count). The Hall–Kier alpha value is -2.24. The summed E-state index contributed by atoms with van der Waals surface area (Å²) in [6.45, 7) is 4.26. The van der Waals surface area contributed by atoms with E-state index in [9.17, 15) is 9.59 Å². The number of carbonyl (C=O) groups excluding carboxylic acids is 2. The molecule has 1 amide bonds. The minimum Gasteiger partial charge on any atom is -0.493 e. The van der Waals surface area contributed by atoms with Crippen molar-refractivity contribution in [1.82, 2.24) is 5.32 Å². The molecule has 0 saturated heterocycles. The van der Waals surface area contributed by atoms with E-state index in [2.05, 4.69) is 12.2 Å². The molecule has 0 bridgehead atoms. The first-order chi connectivity index (χ1) is 12.1. The lowest BCUT2D eigenvalue weighted by atomic mass is 10.1. The van der Waals surface area contributed by atoms with E-state index in [4.69, 9.17) is 14.2 Å². The van der Waals surface area contributed by atoms with Crippen molar-refractivity contribution in [2.24, 2.45) is 0 Å². The number of unbranched alkanes of at least 4 members (excludes halogenated alkanes) is 5. The summed E-state index contributed by atoms with van der Waals surface area (Å²) in [5.74, 6) is 0.339. The number of hydrogen-bond acceptors (Lipinski definition) is 5. The number of amides is 1. The Morgan fingerprint density at radius 1 is 1.04 bits per heavy atom. The number of ether oxygens (including phenoxy) is 3. The highest BCUT2D eigenvalue weighted by Crippen LogP contribution is 2.28. The van der Waals surface area contributed by atoms with Gasteiger partial charge in [0.1, 0.15) is 6.61 Å². The molecule has 0 unspecified atom stereocenters. The molecule has 0 spiro atoms. The lowest BCUT2D eigenvalue weighted by Gasteiger charge is -2.11. The van der Waals surface area contributed by atoms with Gasteiger partial charge < -0.3 is 19.5 Å². The predicted molar refractivity (Wildman–Crippen MR) is 95.9 cm³/mol. The molecule has 25 heavy (non-hydrogen) atoms. The van der Waals surface area contributed by atoms with Crippen LogP contribution >= 0.6 is 0 Å². The zero-order valence-corrected chi connectivity index (χ0v) is 15.4. The summed E-state index contributed by atoms with van der Waals surface area (Å²) in [6, 6.07) is 5.02. The van der Waals surface area contributed by atoms with E-state index in [0.29, 0.717) is 18.0 Å². The van der Waals surface area contributed by atoms with Gasteiger partial charge in [-0.05, 0) is 24.1 Å². The highest BCUT2D eigenvalue weighted by atomic mass is 16.6. The van der Waals surface area contributed by atoms with Gasteiger partial charge in [-0.15, -0.1) is 0 Å². The van der Waals surface area contributed by atoms with Crippen molar-refractivity contribution >= 4 is 12.1 Å². The van der Waals surface area contributed by atoms with Gasteiger partial charge in [-0.2, -0.15) is 0 Å². The highest BCUT2D eigenvalue weighted by molar-refractivity contribution is 5.70. The summed E-state index contributed by atoms with van der Waals surface area (Å²) in [4.78, 5) is 22.7. The number of nitrogens with one attached hydrogen (secondary N) is 1. The summed E-state index contributed by atoms with van der Waals surface area (Å²) >= 11 is 0. The summed E-state index contributed by atoms with van der Waals surface area (Å²) in [5, 5.41) is 2.75. The maximum atomic E-state index is 11.7. The molecule has 6 heteroatoms. The Morgan fingerprint density at radius 2 is 1.76 bits per heavy atom. The minimum atomic E-state index is -0.434. The molecule has 0 fully saturated rings. The van der Waals surface area contributed by atoms with Gasteiger partial charge in [0.25, 0.3) is 0 Å². The summed E-state index contributed by atoms with van der Waals surface area (Å²) in [7, 11) is 1.49. The van der Waals surface area contributed by atoms with Crippen molar-refractivity contribution in [2.45, 2.75) is 59.0 Å². The van der Waals surface area contributed by atoms with Crippen LogP contribution in [0.15, 0.2) is 18.2 Å². The Balaban J connectivity index is 2.30. The Morgan fingerprint density at radius 3 is 2.44 bits per heavy atom. The largest absolute Gasteiger partial charge is 0.493 e. The first-order valence-corrected chi connectivity index (χ1v) is 8.82. The molecule has 1 aromatic carbocycles. The molecule has 0 aliphatic rings. The average molecular weight is 351 g/mol. The molecule has 0 atom stereocenters. The van der Waals surface area contributed by atoms with E-state index in [1.807, 2.05) is 0 Å². The Labute approximate surface area is 149 Å². The van der Waals surface area contributed by atoms with Crippen LogP contribution in [-0.4, -0.2) is 25.7 Å². The second-order valence-electron chi connectivity index (χ2n) is 5.85. The van der Waals surface area contributed by atoms with Crippen LogP contribution in [0, 0.1) is 0 Å². The van der Waals surface area contributed by atoms with Crippen molar-refractivity contribution in [1.29, 1.82) is 0 Å². The highest BCUT2D eigenvalue weighted by Gasteiger charge is 2.09. The van der Waals surface area contributed by atoms with Crippen molar-refractivity contribution in [2.75, 3.05) is 13.7 Å². The van der Waals surface area contributed by atoms with Gasteiger partial charge in [-0.1, -0.05) is 45.1 Å². The average Bonchev–Trinajstić information content (AvgIpc) is 2.59. The SMILES string of the molecule is CCCCCCCCNC(=O)OCc1ccc(OC(C)=O)c(OC)c1. The number of rotatable bonds is 11. The third-order valence-electron chi connectivity index (χ3n) is 3.65. The molecule has 0 heterocycles. The zero-order chi connectivity index (χ0) is 18.5. The van der Waals surface area contributed by atoms with Crippen molar-refractivity contribution < 1.29 is 23.8 Å². The van der Waals surface area contributed by atoms with Crippen LogP contribution < -0.4 is 14.8 Å². The molecule has 0 aliphatic heterocycles. The maximum absolute atomic E-state index is 11.7. The topological polar surface area (TPSA) is 73.9 Å². The standard InChI is InChI=1S/C19H29NO5/c1-4-5-6-7-8-9-12-20-19(22)24-14-16-10-11-17(25-15(2)21)18(13-16)23-3/h10-11,13H,4-9,12,14H2,1-3H3,(H,20,22). The normalized spacial score (nSPS) is 10.2. The van der Waals surface area contributed by atoms with E-state index in [1.165, 1.54) is 39.7 Å². The first-order valence-electron chi connectivity index (χ1n) is 8.82. The van der Waals surface area contributed by atoms with Gasteiger partial charge in [0.2, 0.25) is 0 Å². The van der Waals surface area contributed by atoms with Crippen molar-refractivity contribution in [3.63, 3.8) is 0 Å². The van der Waals surface area contributed by atoms with E-state index in [1.54, 1.807) is 18.2 Å². The Bertz CT molecular complexity index is 545. The van der Waals surface area contributed by atoms with Crippen LogP contribution in [0.3, 0.4) is 0 Å². The van der Waals surface area contributed by atoms with Gasteiger partial charge in [0.15, 0.2) is 11.5 Å².